The molecule has 1 aliphatic carbocycles. The van der Waals surface area contributed by atoms with Gasteiger partial charge < -0.3 is 20.4 Å². The summed E-state index contributed by atoms with van der Waals surface area (Å²) in [5, 5.41) is 43.7. The number of benzene rings is 3. The second-order valence-corrected chi connectivity index (χ2v) is 11.8. The molecule has 2 heterocycles. The van der Waals surface area contributed by atoms with Crippen LogP contribution in [0.3, 0.4) is 0 Å². The zero-order valence-corrected chi connectivity index (χ0v) is 22.0. The lowest BCUT2D eigenvalue weighted by Crippen LogP contribution is -2.11. The highest BCUT2D eigenvalue weighted by Crippen LogP contribution is 2.53. The second-order valence-electron chi connectivity index (χ2n) is 9.84. The molecule has 1 aliphatic rings. The van der Waals surface area contributed by atoms with Crippen LogP contribution in [0.25, 0.3) is 16.8 Å². The van der Waals surface area contributed by atoms with Gasteiger partial charge in [-0.3, -0.25) is 9.13 Å². The Morgan fingerprint density at radius 3 is 2.15 bits per heavy atom. The average molecular weight is 543 g/mol. The molecule has 5 aromatic rings. The molecule has 0 saturated carbocycles. The van der Waals surface area contributed by atoms with Crippen molar-refractivity contribution >= 4 is 9.84 Å². The maximum Gasteiger partial charge on any atom is 0.207 e. The topological polar surface area (TPSA) is 125 Å². The molecular weight excluding hydrogens is 516 g/mol. The van der Waals surface area contributed by atoms with Crippen LogP contribution in [0.15, 0.2) is 88.7 Å². The molecule has 0 bridgehead atoms. The van der Waals surface area contributed by atoms with E-state index in [0.29, 0.717) is 22.3 Å². The van der Waals surface area contributed by atoms with Gasteiger partial charge in [0.15, 0.2) is 11.8 Å². The lowest BCUT2D eigenvalue weighted by atomic mass is 9.77. The highest BCUT2D eigenvalue weighted by molar-refractivity contribution is 7.91. The van der Waals surface area contributed by atoms with Gasteiger partial charge in [0.2, 0.25) is 21.6 Å². The summed E-state index contributed by atoms with van der Waals surface area (Å²) in [4.78, 5) is 0.182. The number of aryl methyl sites for hydroxylation is 1. The summed E-state index contributed by atoms with van der Waals surface area (Å²) in [6, 6.07) is 21.6. The third-order valence-electron chi connectivity index (χ3n) is 7.50. The summed E-state index contributed by atoms with van der Waals surface area (Å²) in [7, 11) is -2.30. The summed E-state index contributed by atoms with van der Waals surface area (Å²) >= 11 is 0. The Morgan fingerprint density at radius 2 is 1.46 bits per heavy atom. The Kier molecular flexibility index (Phi) is 5.51. The zero-order valence-electron chi connectivity index (χ0n) is 21.2. The molecule has 0 saturated heterocycles. The fraction of sp³-hybridized carbons (Fsp3) is 0.133. The first-order chi connectivity index (χ1) is 18.6. The van der Waals surface area contributed by atoms with Crippen molar-refractivity contribution in [1.29, 1.82) is 0 Å². The number of hydrogen-bond acceptors (Lipinski definition) is 6. The second kappa shape index (κ2) is 8.71. The van der Waals surface area contributed by atoms with Crippen molar-refractivity contribution < 1.29 is 28.8 Å². The highest BCUT2D eigenvalue weighted by Gasteiger charge is 2.36. The van der Waals surface area contributed by atoms with Gasteiger partial charge in [-0.05, 0) is 60.4 Å². The van der Waals surface area contributed by atoms with Gasteiger partial charge in [-0.1, -0.05) is 42.5 Å². The Morgan fingerprint density at radius 1 is 0.769 bits per heavy atom. The fourth-order valence-electron chi connectivity index (χ4n) is 5.50. The minimum Gasteiger partial charge on any atom is -0.494 e. The Bertz CT molecular complexity index is 1880. The van der Waals surface area contributed by atoms with E-state index in [0.717, 1.165) is 11.1 Å². The van der Waals surface area contributed by atoms with Crippen LogP contribution in [-0.2, 0) is 23.3 Å². The molecule has 6 rings (SSSR count). The molecule has 0 spiro atoms. The average Bonchev–Trinajstić information content (AvgIpc) is 3.34. The predicted octanol–water partition coefficient (Wildman–Crippen LogP) is 5.13. The van der Waals surface area contributed by atoms with E-state index >= 15 is 0 Å². The van der Waals surface area contributed by atoms with Gasteiger partial charge in [-0.15, -0.1) is 0 Å². The largest absolute Gasteiger partial charge is 0.494 e. The smallest absolute Gasteiger partial charge is 0.207 e. The van der Waals surface area contributed by atoms with Crippen LogP contribution >= 0.6 is 0 Å². The fourth-order valence-corrected chi connectivity index (χ4v) is 6.91. The molecule has 3 aromatic carbocycles. The van der Waals surface area contributed by atoms with Gasteiger partial charge in [-0.2, -0.15) is 0 Å². The van der Waals surface area contributed by atoms with E-state index in [4.69, 9.17) is 0 Å². The minimum atomic E-state index is -3.85. The zero-order chi connectivity index (χ0) is 27.6. The normalized spacial score (nSPS) is 14.7. The summed E-state index contributed by atoms with van der Waals surface area (Å²) in [6.45, 7) is 1.82. The Balaban J connectivity index is 1.51. The van der Waals surface area contributed by atoms with E-state index in [2.05, 4.69) is 0 Å². The molecule has 0 amide bonds. The van der Waals surface area contributed by atoms with E-state index in [9.17, 15) is 28.8 Å². The number of sulfone groups is 1. The quantitative estimate of drug-likeness (QED) is 0.249. The van der Waals surface area contributed by atoms with Gasteiger partial charge in [0, 0.05) is 30.2 Å². The predicted molar refractivity (Wildman–Crippen MR) is 145 cm³/mol. The van der Waals surface area contributed by atoms with Crippen LogP contribution < -0.4 is 0 Å². The Hall–Kier alpha value is -4.63. The first kappa shape index (κ1) is 24.7. The molecule has 9 heteroatoms. The lowest BCUT2D eigenvalue weighted by Gasteiger charge is -2.25. The number of aromatic nitrogens is 2. The summed E-state index contributed by atoms with van der Waals surface area (Å²) < 4.78 is 29.3. The molecule has 0 fully saturated rings. The maximum absolute atomic E-state index is 13.4. The molecule has 39 heavy (non-hydrogen) atoms. The third-order valence-corrected chi connectivity index (χ3v) is 9.25. The van der Waals surface area contributed by atoms with Crippen molar-refractivity contribution in [3.8, 4) is 40.3 Å². The maximum atomic E-state index is 13.4. The number of rotatable bonds is 4. The molecule has 4 N–H and O–H groups in total. The highest BCUT2D eigenvalue weighted by atomic mass is 32.2. The van der Waals surface area contributed by atoms with Crippen molar-refractivity contribution in [2.24, 2.45) is 7.05 Å². The van der Waals surface area contributed by atoms with E-state index in [1.165, 1.54) is 33.4 Å². The van der Waals surface area contributed by atoms with E-state index in [1.54, 1.807) is 31.3 Å². The minimum absolute atomic E-state index is 0.0269. The van der Waals surface area contributed by atoms with E-state index in [-0.39, 0.29) is 45.4 Å². The van der Waals surface area contributed by atoms with Gasteiger partial charge in [-0.25, -0.2) is 8.42 Å². The monoisotopic (exact) mass is 542 g/mol. The van der Waals surface area contributed by atoms with Crippen LogP contribution in [0.1, 0.15) is 28.2 Å². The standard InChI is InChI=1S/C30H26N2O6S/c1-17-7-5-9-19(13-17)39(37,38)20-10-6-8-18(14-20)32-29(35)25-15-23(24-16-26(33)31(2)28(24)34)21-11-3-4-12-22(21)27(25)30(32)36/h3-14,16,23,33-36H,15H2,1-2H3. The molecular formula is C30H26N2O6S. The van der Waals surface area contributed by atoms with Crippen LogP contribution in [0.4, 0.5) is 0 Å². The van der Waals surface area contributed by atoms with Crippen molar-refractivity contribution in [1.82, 2.24) is 9.13 Å². The molecule has 1 unspecified atom stereocenters. The van der Waals surface area contributed by atoms with Crippen molar-refractivity contribution in [3.05, 3.63) is 101 Å². The van der Waals surface area contributed by atoms with Gasteiger partial charge in [0.25, 0.3) is 0 Å². The van der Waals surface area contributed by atoms with Gasteiger partial charge >= 0.3 is 0 Å². The summed E-state index contributed by atoms with van der Waals surface area (Å²) in [6.07, 6.45) is 0.233. The molecule has 1 atom stereocenters. The van der Waals surface area contributed by atoms with Gasteiger partial charge in [0.1, 0.15) is 0 Å². The Labute approximate surface area is 225 Å². The van der Waals surface area contributed by atoms with E-state index < -0.39 is 15.8 Å². The third kappa shape index (κ3) is 3.69. The van der Waals surface area contributed by atoms with Crippen LogP contribution in [-0.4, -0.2) is 38.0 Å². The van der Waals surface area contributed by atoms with Crippen molar-refractivity contribution in [3.63, 3.8) is 0 Å². The first-order valence-corrected chi connectivity index (χ1v) is 13.8. The van der Waals surface area contributed by atoms with Gasteiger partial charge in [0.05, 0.1) is 21.0 Å². The lowest BCUT2D eigenvalue weighted by molar-refractivity contribution is 0.383. The van der Waals surface area contributed by atoms with E-state index in [1.807, 2.05) is 37.3 Å². The number of aromatic hydroxyl groups is 4. The SMILES string of the molecule is Cc1cccc(S(=O)(=O)c2cccc(-n3c(O)c4c(c3O)-c3ccccc3C(c3cc(O)n(C)c3O)C4)c2)c1. The molecule has 0 aliphatic heterocycles. The summed E-state index contributed by atoms with van der Waals surface area (Å²) in [5.74, 6) is -1.05. The summed E-state index contributed by atoms with van der Waals surface area (Å²) in [5.41, 5.74) is 3.95. The van der Waals surface area contributed by atoms with Crippen molar-refractivity contribution in [2.45, 2.75) is 29.1 Å². The van der Waals surface area contributed by atoms with Crippen molar-refractivity contribution in [2.75, 3.05) is 0 Å². The number of fused-ring (bicyclic) bond motifs is 3. The molecule has 2 aromatic heterocycles. The molecule has 0 radical (unpaired) electrons. The van der Waals surface area contributed by atoms with Crippen LogP contribution in [0.2, 0.25) is 0 Å². The number of hydrogen-bond donors (Lipinski definition) is 4. The molecule has 198 valence electrons. The molecule has 8 nitrogen and oxygen atoms in total. The first-order valence-electron chi connectivity index (χ1n) is 12.3. The number of nitrogens with zero attached hydrogens (tertiary/aromatic N) is 2. The van der Waals surface area contributed by atoms with Crippen LogP contribution in [0, 0.1) is 6.92 Å². The van der Waals surface area contributed by atoms with Crippen LogP contribution in [0.5, 0.6) is 23.5 Å².